The molecule has 0 aliphatic carbocycles. The van der Waals surface area contributed by atoms with Crippen molar-refractivity contribution >= 4 is 11.6 Å². The van der Waals surface area contributed by atoms with Crippen LogP contribution < -0.4 is 5.32 Å². The first-order valence-electron chi connectivity index (χ1n) is 4.71. The summed E-state index contributed by atoms with van der Waals surface area (Å²) in [6, 6.07) is 1.01. The first-order valence-corrected chi connectivity index (χ1v) is 5.09. The van der Waals surface area contributed by atoms with Gasteiger partial charge in [0.05, 0.1) is 5.02 Å². The van der Waals surface area contributed by atoms with Gasteiger partial charge < -0.3 is 15.5 Å². The molecule has 0 bridgehead atoms. The van der Waals surface area contributed by atoms with E-state index in [0.29, 0.717) is 6.54 Å². The predicted molar refractivity (Wildman–Crippen MR) is 55.0 cm³/mol. The Kier molecular flexibility index (Phi) is 2.71. The minimum atomic E-state index is -0.638. The van der Waals surface area contributed by atoms with Gasteiger partial charge in [-0.2, -0.15) is 0 Å². The molecule has 1 atom stereocenters. The highest BCUT2D eigenvalue weighted by atomic mass is 35.5. The van der Waals surface area contributed by atoms with Crippen molar-refractivity contribution in [2.45, 2.75) is 12.3 Å². The molecule has 5 heteroatoms. The van der Waals surface area contributed by atoms with Crippen LogP contribution in [0.2, 0.25) is 5.02 Å². The largest absolute Gasteiger partial charge is 0.504 e. The molecule has 2 rings (SSSR count). The van der Waals surface area contributed by atoms with Crippen molar-refractivity contribution in [1.82, 2.24) is 5.32 Å². The van der Waals surface area contributed by atoms with E-state index in [9.17, 15) is 14.6 Å². The van der Waals surface area contributed by atoms with E-state index in [1.807, 2.05) is 0 Å². The van der Waals surface area contributed by atoms with E-state index in [1.54, 1.807) is 0 Å². The maximum absolute atomic E-state index is 13.7. The van der Waals surface area contributed by atoms with Crippen LogP contribution in [-0.2, 0) is 0 Å². The molecule has 1 aromatic carbocycles. The lowest BCUT2D eigenvalue weighted by molar-refractivity contribution is 0.390. The van der Waals surface area contributed by atoms with Gasteiger partial charge >= 0.3 is 0 Å². The summed E-state index contributed by atoms with van der Waals surface area (Å²) in [7, 11) is 0. The average Bonchev–Trinajstić information content (AvgIpc) is 2.69. The van der Waals surface area contributed by atoms with Gasteiger partial charge in [0.15, 0.2) is 11.5 Å². The van der Waals surface area contributed by atoms with E-state index in [2.05, 4.69) is 5.32 Å². The first kappa shape index (κ1) is 10.5. The Morgan fingerprint density at radius 3 is 2.80 bits per heavy atom. The fraction of sp³-hybridized carbons (Fsp3) is 0.400. The maximum atomic E-state index is 13.7. The second-order valence-electron chi connectivity index (χ2n) is 3.64. The van der Waals surface area contributed by atoms with Crippen molar-refractivity contribution < 1.29 is 14.6 Å². The maximum Gasteiger partial charge on any atom is 0.164 e. The first-order chi connectivity index (χ1) is 7.11. The Bertz CT molecular complexity index is 365. The molecule has 3 N–H and O–H groups in total. The van der Waals surface area contributed by atoms with Crippen LogP contribution in [0.15, 0.2) is 6.07 Å². The van der Waals surface area contributed by atoms with Gasteiger partial charge in [0, 0.05) is 24.1 Å². The van der Waals surface area contributed by atoms with Crippen molar-refractivity contribution in [3.8, 4) is 11.5 Å². The van der Waals surface area contributed by atoms with Crippen LogP contribution in [0.3, 0.4) is 0 Å². The molecule has 0 saturated carbocycles. The summed E-state index contributed by atoms with van der Waals surface area (Å²) in [5.74, 6) is -1.54. The van der Waals surface area contributed by atoms with Gasteiger partial charge in [-0.05, 0) is 13.0 Å². The molecule has 0 radical (unpaired) electrons. The Balaban J connectivity index is 2.52. The number of phenols is 2. The number of aromatic hydroxyl groups is 2. The highest BCUT2D eigenvalue weighted by Gasteiger charge is 2.26. The zero-order valence-electron chi connectivity index (χ0n) is 7.93. The minimum absolute atomic E-state index is 0.116. The highest BCUT2D eigenvalue weighted by Crippen LogP contribution is 2.41. The molecule has 1 heterocycles. The van der Waals surface area contributed by atoms with Gasteiger partial charge in [-0.15, -0.1) is 0 Å². The summed E-state index contributed by atoms with van der Waals surface area (Å²) in [5, 5.41) is 21.8. The molecule has 1 aliphatic rings. The van der Waals surface area contributed by atoms with Crippen LogP contribution in [0.4, 0.5) is 4.39 Å². The van der Waals surface area contributed by atoms with Gasteiger partial charge in [-0.3, -0.25) is 0 Å². The molecular formula is C10H11ClFNO2. The lowest BCUT2D eigenvalue weighted by Gasteiger charge is -2.14. The Morgan fingerprint density at radius 2 is 2.20 bits per heavy atom. The second-order valence-corrected chi connectivity index (χ2v) is 4.05. The predicted octanol–water partition coefficient (Wildman–Crippen LogP) is 1.97. The number of hydrogen-bond donors (Lipinski definition) is 3. The lowest BCUT2D eigenvalue weighted by atomic mass is 9.96. The normalized spacial score (nSPS) is 20.8. The molecule has 1 aliphatic heterocycles. The number of rotatable bonds is 1. The van der Waals surface area contributed by atoms with E-state index in [-0.39, 0.29) is 22.3 Å². The highest BCUT2D eigenvalue weighted by molar-refractivity contribution is 6.31. The third-order valence-corrected chi connectivity index (χ3v) is 2.95. The third-order valence-electron chi connectivity index (χ3n) is 2.68. The van der Waals surface area contributed by atoms with Crippen LogP contribution in [0.25, 0.3) is 0 Å². The summed E-state index contributed by atoms with van der Waals surface area (Å²) in [6.07, 6.45) is 0.726. The summed E-state index contributed by atoms with van der Waals surface area (Å²) >= 11 is 5.60. The standard InChI is InChI=1S/C10H11ClFNO2/c11-6-3-7(14)10(15)8(9(6)12)5-1-2-13-4-5/h3,5,13-15H,1-2,4H2. The van der Waals surface area contributed by atoms with E-state index >= 15 is 0 Å². The molecule has 1 fully saturated rings. The lowest BCUT2D eigenvalue weighted by Crippen LogP contribution is -2.09. The Morgan fingerprint density at radius 1 is 1.47 bits per heavy atom. The average molecular weight is 232 g/mol. The number of nitrogens with one attached hydrogen (secondary N) is 1. The molecule has 15 heavy (non-hydrogen) atoms. The van der Waals surface area contributed by atoms with Crippen molar-refractivity contribution in [3.05, 3.63) is 22.5 Å². The van der Waals surface area contributed by atoms with Crippen LogP contribution in [-0.4, -0.2) is 23.3 Å². The van der Waals surface area contributed by atoms with Crippen molar-refractivity contribution in [2.75, 3.05) is 13.1 Å². The number of benzene rings is 1. The molecule has 3 nitrogen and oxygen atoms in total. The van der Waals surface area contributed by atoms with Gasteiger partial charge in [-0.25, -0.2) is 4.39 Å². The zero-order valence-corrected chi connectivity index (χ0v) is 8.68. The van der Waals surface area contributed by atoms with Gasteiger partial charge in [0.2, 0.25) is 0 Å². The van der Waals surface area contributed by atoms with Crippen LogP contribution >= 0.6 is 11.6 Å². The summed E-state index contributed by atoms with van der Waals surface area (Å²) in [4.78, 5) is 0. The van der Waals surface area contributed by atoms with Gasteiger partial charge in [-0.1, -0.05) is 11.6 Å². The molecule has 1 unspecified atom stereocenters. The van der Waals surface area contributed by atoms with Crippen LogP contribution in [0.1, 0.15) is 17.9 Å². The Hall–Kier alpha value is -1.00. The molecule has 1 aromatic rings. The molecule has 0 amide bonds. The van der Waals surface area contributed by atoms with Crippen molar-refractivity contribution in [3.63, 3.8) is 0 Å². The Labute approximate surface area is 91.5 Å². The van der Waals surface area contributed by atoms with Crippen LogP contribution in [0.5, 0.6) is 11.5 Å². The van der Waals surface area contributed by atoms with E-state index in [1.165, 1.54) is 0 Å². The zero-order chi connectivity index (χ0) is 11.0. The number of hydrogen-bond acceptors (Lipinski definition) is 3. The summed E-state index contributed by atoms with van der Waals surface area (Å²) < 4.78 is 13.7. The number of halogens is 2. The van der Waals surface area contributed by atoms with Crippen molar-refractivity contribution in [2.24, 2.45) is 0 Å². The van der Waals surface area contributed by atoms with E-state index in [0.717, 1.165) is 19.0 Å². The number of phenolic OH excluding ortho intramolecular Hbond substituents is 2. The smallest absolute Gasteiger partial charge is 0.164 e. The summed E-state index contributed by atoms with van der Waals surface area (Å²) in [5.41, 5.74) is 0.116. The molecule has 0 aromatic heterocycles. The monoisotopic (exact) mass is 231 g/mol. The molecule has 0 spiro atoms. The SMILES string of the molecule is Oc1cc(Cl)c(F)c(C2CCNC2)c1O. The van der Waals surface area contributed by atoms with E-state index < -0.39 is 11.6 Å². The van der Waals surface area contributed by atoms with E-state index in [4.69, 9.17) is 11.6 Å². The van der Waals surface area contributed by atoms with Crippen LogP contribution in [0, 0.1) is 5.82 Å². The minimum Gasteiger partial charge on any atom is -0.504 e. The third kappa shape index (κ3) is 1.75. The summed E-state index contributed by atoms with van der Waals surface area (Å²) in [6.45, 7) is 1.36. The quantitative estimate of drug-likeness (QED) is 0.648. The van der Waals surface area contributed by atoms with Gasteiger partial charge in [0.25, 0.3) is 0 Å². The molecular weight excluding hydrogens is 221 g/mol. The van der Waals surface area contributed by atoms with Gasteiger partial charge in [0.1, 0.15) is 5.82 Å². The molecule has 82 valence electrons. The fourth-order valence-corrected chi connectivity index (χ4v) is 2.10. The second kappa shape index (κ2) is 3.87. The van der Waals surface area contributed by atoms with Crippen molar-refractivity contribution in [1.29, 1.82) is 0 Å². The fourth-order valence-electron chi connectivity index (χ4n) is 1.90. The topological polar surface area (TPSA) is 52.5 Å². The molecule has 1 saturated heterocycles.